The normalized spacial score (nSPS) is 14.4. The quantitative estimate of drug-likeness (QED) is 0.876. The molecule has 2 rings (SSSR count). The number of benzene rings is 1. The second-order valence-electron chi connectivity index (χ2n) is 4.13. The molecule has 1 aromatic carbocycles. The van der Waals surface area contributed by atoms with Crippen molar-refractivity contribution in [1.82, 2.24) is 9.55 Å². The molecule has 0 spiro atoms. The van der Waals surface area contributed by atoms with Crippen molar-refractivity contribution in [3.8, 4) is 5.75 Å². The van der Waals surface area contributed by atoms with Crippen LogP contribution < -0.4 is 4.74 Å². The summed E-state index contributed by atoms with van der Waals surface area (Å²) in [5.41, 5.74) is -0.470. The van der Waals surface area contributed by atoms with Crippen LogP contribution in [0.1, 0.15) is 18.3 Å². The Hall–Kier alpha value is -1.81. The first-order chi connectivity index (χ1) is 8.07. The van der Waals surface area contributed by atoms with Gasteiger partial charge in [0.25, 0.3) is 0 Å². The monoisotopic (exact) mass is 232 g/mol. The van der Waals surface area contributed by atoms with Crippen LogP contribution in [0.5, 0.6) is 5.75 Å². The molecular formula is C13H16N2O2. The molecule has 0 amide bonds. The van der Waals surface area contributed by atoms with E-state index >= 15 is 0 Å². The molecule has 2 aromatic rings. The minimum Gasteiger partial charge on any atom is -0.496 e. The van der Waals surface area contributed by atoms with Gasteiger partial charge in [-0.15, -0.1) is 0 Å². The number of rotatable bonds is 3. The number of para-hydroxylation sites is 1. The Balaban J connectivity index is 2.55. The summed E-state index contributed by atoms with van der Waals surface area (Å²) in [4.78, 5) is 4.20. The second kappa shape index (κ2) is 4.22. The Kier molecular flexibility index (Phi) is 2.90. The smallest absolute Gasteiger partial charge is 0.148 e. The van der Waals surface area contributed by atoms with Crippen LogP contribution in [0.2, 0.25) is 0 Å². The lowest BCUT2D eigenvalue weighted by Crippen LogP contribution is -2.27. The third-order valence-electron chi connectivity index (χ3n) is 2.89. The van der Waals surface area contributed by atoms with E-state index in [0.717, 1.165) is 0 Å². The van der Waals surface area contributed by atoms with Gasteiger partial charge in [-0.1, -0.05) is 18.2 Å². The van der Waals surface area contributed by atoms with E-state index in [9.17, 15) is 5.11 Å². The molecule has 4 nitrogen and oxygen atoms in total. The number of ether oxygens (including phenoxy) is 1. The van der Waals surface area contributed by atoms with Crippen molar-refractivity contribution >= 4 is 0 Å². The van der Waals surface area contributed by atoms with E-state index in [-0.39, 0.29) is 0 Å². The van der Waals surface area contributed by atoms with Crippen molar-refractivity contribution in [3.05, 3.63) is 48.0 Å². The Morgan fingerprint density at radius 3 is 2.65 bits per heavy atom. The highest BCUT2D eigenvalue weighted by atomic mass is 16.5. The summed E-state index contributed by atoms with van der Waals surface area (Å²) in [6.45, 7) is 1.72. The Morgan fingerprint density at radius 2 is 2.06 bits per heavy atom. The van der Waals surface area contributed by atoms with Crippen molar-refractivity contribution in [3.63, 3.8) is 0 Å². The summed E-state index contributed by atoms with van der Waals surface area (Å²) in [6.07, 6.45) is 3.47. The molecule has 0 aliphatic rings. The van der Waals surface area contributed by atoms with Crippen molar-refractivity contribution in [1.29, 1.82) is 0 Å². The largest absolute Gasteiger partial charge is 0.496 e. The summed E-state index contributed by atoms with van der Waals surface area (Å²) in [7, 11) is 3.44. The predicted octanol–water partition coefficient (Wildman–Crippen LogP) is 1.68. The van der Waals surface area contributed by atoms with Gasteiger partial charge in [0.2, 0.25) is 0 Å². The second-order valence-corrected chi connectivity index (χ2v) is 4.13. The predicted molar refractivity (Wildman–Crippen MR) is 64.9 cm³/mol. The van der Waals surface area contributed by atoms with Crippen molar-refractivity contribution in [2.45, 2.75) is 12.5 Å². The van der Waals surface area contributed by atoms with E-state index in [1.807, 2.05) is 31.3 Å². The first kappa shape index (κ1) is 11.7. The van der Waals surface area contributed by atoms with Gasteiger partial charge < -0.3 is 14.4 Å². The van der Waals surface area contributed by atoms with Gasteiger partial charge in [0.1, 0.15) is 17.2 Å². The van der Waals surface area contributed by atoms with Gasteiger partial charge >= 0.3 is 0 Å². The molecule has 0 radical (unpaired) electrons. The summed E-state index contributed by atoms with van der Waals surface area (Å²) < 4.78 is 7.07. The molecule has 0 saturated carbocycles. The fourth-order valence-corrected chi connectivity index (χ4v) is 2.00. The van der Waals surface area contributed by atoms with E-state index in [4.69, 9.17) is 4.74 Å². The zero-order valence-electron chi connectivity index (χ0n) is 10.2. The number of hydrogen-bond donors (Lipinski definition) is 1. The van der Waals surface area contributed by atoms with Crippen LogP contribution in [-0.2, 0) is 12.6 Å². The summed E-state index contributed by atoms with van der Waals surface area (Å²) >= 11 is 0. The molecule has 0 saturated heterocycles. The van der Waals surface area contributed by atoms with E-state index in [1.54, 1.807) is 31.0 Å². The van der Waals surface area contributed by atoms with Crippen LogP contribution in [0.4, 0.5) is 0 Å². The number of hydrogen-bond acceptors (Lipinski definition) is 3. The maximum absolute atomic E-state index is 10.7. The van der Waals surface area contributed by atoms with Gasteiger partial charge in [-0.2, -0.15) is 0 Å². The maximum Gasteiger partial charge on any atom is 0.148 e. The van der Waals surface area contributed by atoms with E-state index in [1.165, 1.54) is 0 Å². The number of aryl methyl sites for hydroxylation is 1. The Bertz CT molecular complexity index is 518. The summed E-state index contributed by atoms with van der Waals surface area (Å²) in [5, 5.41) is 10.7. The lowest BCUT2D eigenvalue weighted by Gasteiger charge is -2.25. The fourth-order valence-electron chi connectivity index (χ4n) is 2.00. The molecule has 0 bridgehead atoms. The van der Waals surface area contributed by atoms with Crippen molar-refractivity contribution in [2.75, 3.05) is 7.11 Å². The molecule has 0 aliphatic heterocycles. The lowest BCUT2D eigenvalue weighted by molar-refractivity contribution is 0.0861. The van der Waals surface area contributed by atoms with Crippen LogP contribution in [0.25, 0.3) is 0 Å². The van der Waals surface area contributed by atoms with Gasteiger partial charge in [-0.3, -0.25) is 0 Å². The molecule has 0 fully saturated rings. The van der Waals surface area contributed by atoms with Crippen LogP contribution in [-0.4, -0.2) is 21.8 Å². The maximum atomic E-state index is 10.7. The zero-order valence-corrected chi connectivity index (χ0v) is 10.2. The third-order valence-corrected chi connectivity index (χ3v) is 2.89. The molecule has 90 valence electrons. The van der Waals surface area contributed by atoms with Crippen molar-refractivity contribution < 1.29 is 9.84 Å². The summed E-state index contributed by atoms with van der Waals surface area (Å²) in [5.74, 6) is 1.24. The van der Waals surface area contributed by atoms with Gasteiger partial charge in [-0.05, 0) is 13.0 Å². The van der Waals surface area contributed by atoms with Gasteiger partial charge in [0.05, 0.1) is 7.11 Å². The first-order valence-electron chi connectivity index (χ1n) is 5.41. The van der Waals surface area contributed by atoms with Crippen LogP contribution >= 0.6 is 0 Å². The van der Waals surface area contributed by atoms with Gasteiger partial charge in [-0.25, -0.2) is 4.98 Å². The molecule has 1 N–H and O–H groups in total. The highest BCUT2D eigenvalue weighted by Crippen LogP contribution is 2.33. The number of imidazole rings is 1. The first-order valence-corrected chi connectivity index (χ1v) is 5.41. The Labute approximate surface area is 100 Å². The standard InChI is InChI=1S/C13H16N2O2/c1-13(16,12-14-8-9-15(12)2)10-6-4-5-7-11(10)17-3/h4-9,16H,1-3H3. The molecule has 0 aliphatic carbocycles. The zero-order chi connectivity index (χ0) is 12.5. The molecule has 1 aromatic heterocycles. The van der Waals surface area contributed by atoms with E-state index < -0.39 is 5.60 Å². The topological polar surface area (TPSA) is 47.3 Å². The summed E-state index contributed by atoms with van der Waals surface area (Å²) in [6, 6.07) is 7.41. The van der Waals surface area contributed by atoms with Crippen LogP contribution in [0.3, 0.4) is 0 Å². The average molecular weight is 232 g/mol. The number of nitrogens with zero attached hydrogens (tertiary/aromatic N) is 2. The van der Waals surface area contributed by atoms with Gasteiger partial charge in [0, 0.05) is 25.0 Å². The minimum atomic E-state index is -1.18. The molecule has 1 unspecified atom stereocenters. The van der Waals surface area contributed by atoms with E-state index in [2.05, 4.69) is 4.98 Å². The average Bonchev–Trinajstić information content (AvgIpc) is 2.76. The number of aliphatic hydroxyl groups is 1. The SMILES string of the molecule is COc1ccccc1C(C)(O)c1nccn1C. The molecule has 17 heavy (non-hydrogen) atoms. The van der Waals surface area contributed by atoms with E-state index in [0.29, 0.717) is 17.1 Å². The molecular weight excluding hydrogens is 216 g/mol. The molecule has 4 heteroatoms. The minimum absolute atomic E-state index is 0.585. The number of aromatic nitrogens is 2. The molecule has 1 atom stereocenters. The van der Waals surface area contributed by atoms with Gasteiger partial charge in [0.15, 0.2) is 0 Å². The van der Waals surface area contributed by atoms with Crippen LogP contribution in [0, 0.1) is 0 Å². The fraction of sp³-hybridized carbons (Fsp3) is 0.308. The highest BCUT2D eigenvalue weighted by Gasteiger charge is 2.32. The Morgan fingerprint density at radius 1 is 1.35 bits per heavy atom. The highest BCUT2D eigenvalue weighted by molar-refractivity contribution is 5.41. The third kappa shape index (κ3) is 1.91. The lowest BCUT2D eigenvalue weighted by atomic mass is 9.94. The molecule has 1 heterocycles. The van der Waals surface area contributed by atoms with Crippen molar-refractivity contribution in [2.24, 2.45) is 7.05 Å². The number of methoxy groups -OCH3 is 1. The van der Waals surface area contributed by atoms with Crippen LogP contribution in [0.15, 0.2) is 36.7 Å².